The number of hydrazone groups is 1. The van der Waals surface area contributed by atoms with Gasteiger partial charge in [0.15, 0.2) is 0 Å². The van der Waals surface area contributed by atoms with Gasteiger partial charge >= 0.3 is 0 Å². The van der Waals surface area contributed by atoms with Gasteiger partial charge in [-0.05, 0) is 47.1 Å². The summed E-state index contributed by atoms with van der Waals surface area (Å²) in [7, 11) is 0. The summed E-state index contributed by atoms with van der Waals surface area (Å²) in [6.07, 6.45) is 3.14. The summed E-state index contributed by atoms with van der Waals surface area (Å²) in [6, 6.07) is 7.18. The van der Waals surface area contributed by atoms with E-state index >= 15 is 0 Å². The third-order valence-electron chi connectivity index (χ3n) is 2.20. The Kier molecular flexibility index (Phi) is 4.22. The summed E-state index contributed by atoms with van der Waals surface area (Å²) < 4.78 is 1.03. The van der Waals surface area contributed by atoms with Gasteiger partial charge in [0, 0.05) is 18.0 Å². The maximum atomic E-state index is 11.7. The molecule has 6 heteroatoms. The number of hydrogen-bond donors (Lipinski definition) is 1. The molecule has 0 spiro atoms. The Labute approximate surface area is 117 Å². The van der Waals surface area contributed by atoms with Crippen molar-refractivity contribution in [1.29, 1.82) is 0 Å². The molecule has 2 heterocycles. The number of rotatable bonds is 3. The van der Waals surface area contributed by atoms with Gasteiger partial charge in [0.1, 0.15) is 0 Å². The van der Waals surface area contributed by atoms with Crippen LogP contribution in [0.5, 0.6) is 0 Å². The van der Waals surface area contributed by atoms with Crippen LogP contribution < -0.4 is 5.43 Å². The highest BCUT2D eigenvalue weighted by Crippen LogP contribution is 2.22. The van der Waals surface area contributed by atoms with E-state index in [2.05, 4.69) is 31.4 Å². The summed E-state index contributed by atoms with van der Waals surface area (Å²) in [6.45, 7) is 1.85. The van der Waals surface area contributed by atoms with E-state index in [9.17, 15) is 4.79 Å². The number of carbonyl (C=O) groups excluding carboxylic acids is 1. The van der Waals surface area contributed by atoms with Crippen molar-refractivity contribution < 1.29 is 4.79 Å². The molecule has 0 aromatic carbocycles. The predicted molar refractivity (Wildman–Crippen MR) is 75.9 cm³/mol. The maximum absolute atomic E-state index is 11.7. The molecular formula is C12H10BrN3OS. The quantitative estimate of drug-likeness (QED) is 0.697. The monoisotopic (exact) mass is 323 g/mol. The molecule has 2 aromatic rings. The number of halogens is 1. The van der Waals surface area contributed by atoms with Crippen molar-refractivity contribution in [1.82, 2.24) is 10.4 Å². The topological polar surface area (TPSA) is 54.4 Å². The van der Waals surface area contributed by atoms with Crippen molar-refractivity contribution in [2.75, 3.05) is 0 Å². The zero-order chi connectivity index (χ0) is 13.0. The molecule has 0 saturated heterocycles. The molecule has 1 N–H and O–H groups in total. The Bertz CT molecular complexity index is 580. The molecule has 0 atom stereocenters. The van der Waals surface area contributed by atoms with Gasteiger partial charge in [0.25, 0.3) is 5.91 Å². The molecule has 18 heavy (non-hydrogen) atoms. The number of aromatic nitrogens is 1. The number of carbonyl (C=O) groups is 1. The second-order valence-corrected chi connectivity index (χ2v) is 5.94. The molecule has 0 aliphatic carbocycles. The number of thiophene rings is 1. The first-order valence-electron chi connectivity index (χ1n) is 5.17. The lowest BCUT2D eigenvalue weighted by Crippen LogP contribution is -2.19. The highest BCUT2D eigenvalue weighted by molar-refractivity contribution is 9.11. The Hall–Kier alpha value is -1.53. The molecular weight excluding hydrogens is 314 g/mol. The van der Waals surface area contributed by atoms with Gasteiger partial charge in [0.2, 0.25) is 0 Å². The summed E-state index contributed by atoms with van der Waals surface area (Å²) in [4.78, 5) is 16.6. The van der Waals surface area contributed by atoms with Crippen molar-refractivity contribution in [3.63, 3.8) is 0 Å². The van der Waals surface area contributed by atoms with E-state index in [0.717, 1.165) is 14.4 Å². The van der Waals surface area contributed by atoms with E-state index in [1.165, 1.54) is 0 Å². The van der Waals surface area contributed by atoms with Crippen molar-refractivity contribution in [2.24, 2.45) is 5.10 Å². The third-order valence-corrected chi connectivity index (χ3v) is 3.93. The Morgan fingerprint density at radius 2 is 2.06 bits per heavy atom. The number of pyridine rings is 1. The fourth-order valence-corrected chi connectivity index (χ4v) is 2.60. The standard InChI is InChI=1S/C12H10BrN3OS/c1-8(10-2-3-11(13)18-10)15-16-12(17)9-4-6-14-7-5-9/h2-7H,1H3,(H,16,17). The smallest absolute Gasteiger partial charge is 0.267 e. The molecule has 0 saturated carbocycles. The minimum Gasteiger partial charge on any atom is -0.267 e. The first-order chi connectivity index (χ1) is 8.66. The van der Waals surface area contributed by atoms with Gasteiger partial charge in [-0.2, -0.15) is 5.10 Å². The van der Waals surface area contributed by atoms with Crippen LogP contribution in [0.4, 0.5) is 0 Å². The van der Waals surface area contributed by atoms with Crippen molar-refractivity contribution >= 4 is 38.9 Å². The fraction of sp³-hybridized carbons (Fsp3) is 0.0833. The highest BCUT2D eigenvalue weighted by Gasteiger charge is 2.05. The number of nitrogens with zero attached hydrogens (tertiary/aromatic N) is 2. The Balaban J connectivity index is 2.05. The zero-order valence-corrected chi connectivity index (χ0v) is 12.0. The summed E-state index contributed by atoms with van der Waals surface area (Å²) in [5.41, 5.74) is 3.83. The van der Waals surface area contributed by atoms with Gasteiger partial charge < -0.3 is 0 Å². The number of nitrogens with one attached hydrogen (secondary N) is 1. The average Bonchev–Trinajstić information content (AvgIpc) is 2.83. The number of hydrogen-bond acceptors (Lipinski definition) is 4. The van der Waals surface area contributed by atoms with Gasteiger partial charge in [-0.15, -0.1) is 11.3 Å². The summed E-state index contributed by atoms with van der Waals surface area (Å²) in [5, 5.41) is 4.07. The van der Waals surface area contributed by atoms with Gasteiger partial charge in [-0.3, -0.25) is 9.78 Å². The van der Waals surface area contributed by atoms with Crippen molar-refractivity contribution in [3.05, 3.63) is 50.9 Å². The van der Waals surface area contributed by atoms with Crippen LogP contribution in [0.2, 0.25) is 0 Å². The SMILES string of the molecule is CC(=NNC(=O)c1ccncc1)c1ccc(Br)s1. The Morgan fingerprint density at radius 3 is 2.67 bits per heavy atom. The van der Waals surface area contributed by atoms with E-state index in [4.69, 9.17) is 0 Å². The van der Waals surface area contributed by atoms with Crippen molar-refractivity contribution in [2.45, 2.75) is 6.92 Å². The maximum Gasteiger partial charge on any atom is 0.271 e. The van der Waals surface area contributed by atoms with E-state index in [-0.39, 0.29) is 5.91 Å². The van der Waals surface area contributed by atoms with Crippen LogP contribution in [-0.2, 0) is 0 Å². The second kappa shape index (κ2) is 5.88. The molecule has 0 aliphatic rings. The first-order valence-corrected chi connectivity index (χ1v) is 6.78. The lowest BCUT2D eigenvalue weighted by molar-refractivity contribution is 0.0954. The van der Waals surface area contributed by atoms with Crippen LogP contribution in [0, 0.1) is 0 Å². The largest absolute Gasteiger partial charge is 0.271 e. The van der Waals surface area contributed by atoms with Crippen LogP contribution in [0.3, 0.4) is 0 Å². The molecule has 4 nitrogen and oxygen atoms in total. The summed E-state index contributed by atoms with van der Waals surface area (Å²) >= 11 is 4.95. The third kappa shape index (κ3) is 3.24. The van der Waals surface area contributed by atoms with Crippen LogP contribution in [-0.4, -0.2) is 16.6 Å². The molecule has 1 amide bonds. The second-order valence-electron chi connectivity index (χ2n) is 3.48. The van der Waals surface area contributed by atoms with Gasteiger partial charge in [-0.1, -0.05) is 0 Å². The molecule has 2 rings (SSSR count). The number of amides is 1. The molecule has 0 bridgehead atoms. The van der Waals surface area contributed by atoms with E-state index in [1.807, 2.05) is 19.1 Å². The van der Waals surface area contributed by atoms with Crippen LogP contribution in [0.25, 0.3) is 0 Å². The van der Waals surface area contributed by atoms with Gasteiger partial charge in [0.05, 0.1) is 14.4 Å². The molecule has 0 fully saturated rings. The van der Waals surface area contributed by atoms with E-state index < -0.39 is 0 Å². The van der Waals surface area contributed by atoms with Crippen LogP contribution >= 0.6 is 27.3 Å². The van der Waals surface area contributed by atoms with E-state index in [1.54, 1.807) is 35.9 Å². The lowest BCUT2D eigenvalue weighted by atomic mass is 10.3. The zero-order valence-electron chi connectivity index (χ0n) is 9.55. The van der Waals surface area contributed by atoms with Crippen LogP contribution in [0.15, 0.2) is 45.5 Å². The van der Waals surface area contributed by atoms with Crippen molar-refractivity contribution in [3.8, 4) is 0 Å². The minimum atomic E-state index is -0.243. The molecule has 0 radical (unpaired) electrons. The molecule has 2 aromatic heterocycles. The molecule has 92 valence electrons. The average molecular weight is 324 g/mol. The minimum absolute atomic E-state index is 0.243. The van der Waals surface area contributed by atoms with Crippen LogP contribution in [0.1, 0.15) is 22.2 Å². The fourth-order valence-electron chi connectivity index (χ4n) is 1.27. The first kappa shape index (κ1) is 12.9. The summed E-state index contributed by atoms with van der Waals surface area (Å²) in [5.74, 6) is -0.243. The van der Waals surface area contributed by atoms with Gasteiger partial charge in [-0.25, -0.2) is 5.43 Å². The van der Waals surface area contributed by atoms with E-state index in [0.29, 0.717) is 5.56 Å². The lowest BCUT2D eigenvalue weighted by Gasteiger charge is -2.00. The predicted octanol–water partition coefficient (Wildman–Crippen LogP) is 3.06. The highest BCUT2D eigenvalue weighted by atomic mass is 79.9. The molecule has 0 unspecified atom stereocenters. The Morgan fingerprint density at radius 1 is 1.33 bits per heavy atom. The normalized spacial score (nSPS) is 11.3. The molecule has 0 aliphatic heterocycles.